The number of hydrogen-bond donors (Lipinski definition) is 2. The topological polar surface area (TPSA) is 53.5 Å². The van der Waals surface area contributed by atoms with Gasteiger partial charge in [-0.1, -0.05) is 32.9 Å². The average molecular weight is 237 g/mol. The number of hydrogen-bond acceptors (Lipinski definition) is 2. The van der Waals surface area contributed by atoms with Crippen molar-refractivity contribution in [2.45, 2.75) is 20.8 Å². The zero-order valence-corrected chi connectivity index (χ0v) is 10.1. The van der Waals surface area contributed by atoms with Crippen LogP contribution in [0, 0.1) is 11.2 Å². The van der Waals surface area contributed by atoms with Crippen molar-refractivity contribution in [3.05, 3.63) is 30.1 Å². The lowest BCUT2D eigenvalue weighted by Gasteiger charge is -2.10. The van der Waals surface area contributed by atoms with E-state index in [0.717, 1.165) is 0 Å². The van der Waals surface area contributed by atoms with Crippen molar-refractivity contribution in [2.24, 2.45) is 10.5 Å². The molecule has 1 aromatic rings. The lowest BCUT2D eigenvalue weighted by atomic mass is 9.99. The predicted octanol–water partition coefficient (Wildman–Crippen LogP) is 2.98. The highest BCUT2D eigenvalue weighted by atomic mass is 19.1. The molecule has 0 unspecified atom stereocenters. The molecular weight excluding hydrogens is 221 g/mol. The van der Waals surface area contributed by atoms with Gasteiger partial charge in [-0.05, 0) is 17.5 Å². The summed E-state index contributed by atoms with van der Waals surface area (Å²) < 4.78 is 13.2. The summed E-state index contributed by atoms with van der Waals surface area (Å²) in [5, 5.41) is 6.12. The molecule has 0 spiro atoms. The lowest BCUT2D eigenvalue weighted by molar-refractivity contribution is 0.252. The maximum atomic E-state index is 13.2. The molecule has 92 valence electrons. The summed E-state index contributed by atoms with van der Waals surface area (Å²) >= 11 is 0. The van der Waals surface area contributed by atoms with Crippen molar-refractivity contribution in [2.75, 3.05) is 5.32 Å². The van der Waals surface area contributed by atoms with Crippen molar-refractivity contribution in [1.29, 1.82) is 0 Å². The van der Waals surface area contributed by atoms with E-state index >= 15 is 0 Å². The van der Waals surface area contributed by atoms with Gasteiger partial charge in [-0.15, -0.1) is 0 Å². The minimum absolute atomic E-state index is 0.120. The number of anilines is 1. The SMILES string of the molecule is CC(C)(C)/C=N/NC(=O)Nc1ccccc1F. The second kappa shape index (κ2) is 5.43. The Hall–Kier alpha value is -1.91. The first-order valence-electron chi connectivity index (χ1n) is 5.24. The first-order chi connectivity index (χ1) is 7.88. The number of carbonyl (C=O) groups excluding carboxylic acids is 1. The summed E-state index contributed by atoms with van der Waals surface area (Å²) in [5.41, 5.74) is 2.27. The molecular formula is C12H16FN3O. The van der Waals surface area contributed by atoms with Gasteiger partial charge >= 0.3 is 6.03 Å². The number of hydrazone groups is 1. The molecule has 0 radical (unpaired) electrons. The summed E-state index contributed by atoms with van der Waals surface area (Å²) in [6, 6.07) is 5.36. The Morgan fingerprint density at radius 2 is 2.00 bits per heavy atom. The Balaban J connectivity index is 2.51. The highest BCUT2D eigenvalue weighted by Gasteiger charge is 2.07. The maximum absolute atomic E-state index is 13.2. The third kappa shape index (κ3) is 5.10. The molecule has 0 atom stereocenters. The number of carbonyl (C=O) groups is 1. The van der Waals surface area contributed by atoms with Gasteiger partial charge in [-0.25, -0.2) is 14.6 Å². The van der Waals surface area contributed by atoms with E-state index < -0.39 is 11.8 Å². The fourth-order valence-electron chi connectivity index (χ4n) is 0.997. The van der Waals surface area contributed by atoms with Crippen molar-refractivity contribution in [3.8, 4) is 0 Å². The van der Waals surface area contributed by atoms with Gasteiger partial charge in [-0.2, -0.15) is 5.10 Å². The maximum Gasteiger partial charge on any atom is 0.339 e. The smallest absolute Gasteiger partial charge is 0.304 e. The van der Waals surface area contributed by atoms with Crippen LogP contribution in [-0.2, 0) is 0 Å². The van der Waals surface area contributed by atoms with E-state index in [-0.39, 0.29) is 11.1 Å². The number of urea groups is 1. The van der Waals surface area contributed by atoms with Crippen LogP contribution in [0.3, 0.4) is 0 Å². The molecule has 0 aromatic heterocycles. The van der Waals surface area contributed by atoms with Crippen LogP contribution in [-0.4, -0.2) is 12.2 Å². The molecule has 0 fully saturated rings. The summed E-state index contributed by atoms with van der Waals surface area (Å²) in [7, 11) is 0. The molecule has 0 heterocycles. The Bertz CT molecular complexity index is 424. The van der Waals surface area contributed by atoms with Gasteiger partial charge < -0.3 is 5.32 Å². The molecule has 5 heteroatoms. The van der Waals surface area contributed by atoms with Gasteiger partial charge in [0.2, 0.25) is 0 Å². The monoisotopic (exact) mass is 237 g/mol. The van der Waals surface area contributed by atoms with Crippen LogP contribution >= 0.6 is 0 Å². The molecule has 0 aliphatic rings. The van der Waals surface area contributed by atoms with Crippen LogP contribution in [0.5, 0.6) is 0 Å². The second-order valence-corrected chi connectivity index (χ2v) is 4.67. The minimum Gasteiger partial charge on any atom is -0.304 e. The fourth-order valence-corrected chi connectivity index (χ4v) is 0.997. The van der Waals surface area contributed by atoms with Crippen molar-refractivity contribution < 1.29 is 9.18 Å². The molecule has 17 heavy (non-hydrogen) atoms. The zero-order valence-electron chi connectivity index (χ0n) is 10.1. The molecule has 4 nitrogen and oxygen atoms in total. The van der Waals surface area contributed by atoms with E-state index in [0.29, 0.717) is 0 Å². The Labute approximate surface area is 99.9 Å². The Morgan fingerprint density at radius 1 is 1.35 bits per heavy atom. The molecule has 0 bridgehead atoms. The summed E-state index contributed by atoms with van der Waals surface area (Å²) in [4.78, 5) is 11.3. The van der Waals surface area contributed by atoms with Gasteiger partial charge in [-0.3, -0.25) is 0 Å². The molecule has 2 amide bonds. The van der Waals surface area contributed by atoms with E-state index in [1.54, 1.807) is 18.3 Å². The van der Waals surface area contributed by atoms with Crippen LogP contribution in [0.4, 0.5) is 14.9 Å². The molecule has 0 saturated heterocycles. The van der Waals surface area contributed by atoms with E-state index in [2.05, 4.69) is 15.8 Å². The zero-order chi connectivity index (χ0) is 12.9. The fraction of sp³-hybridized carbons (Fsp3) is 0.333. The number of nitrogens with one attached hydrogen (secondary N) is 2. The summed E-state index contributed by atoms with van der Waals surface area (Å²) in [6.07, 6.45) is 1.61. The van der Waals surface area contributed by atoms with Gasteiger partial charge in [0.25, 0.3) is 0 Å². The van der Waals surface area contributed by atoms with Crippen LogP contribution < -0.4 is 10.7 Å². The molecule has 1 aromatic carbocycles. The minimum atomic E-state index is -0.574. The van der Waals surface area contributed by atoms with E-state index in [9.17, 15) is 9.18 Å². The molecule has 0 aliphatic carbocycles. The largest absolute Gasteiger partial charge is 0.339 e. The van der Waals surface area contributed by atoms with Crippen LogP contribution in [0.15, 0.2) is 29.4 Å². The standard InChI is InChI=1S/C12H16FN3O/c1-12(2,3)8-14-16-11(17)15-10-7-5-4-6-9(10)13/h4-8H,1-3H3,(H2,15,16,17)/b14-8+. The van der Waals surface area contributed by atoms with Gasteiger partial charge in [0.15, 0.2) is 0 Å². The van der Waals surface area contributed by atoms with Gasteiger partial charge in [0, 0.05) is 6.21 Å². The number of rotatable bonds is 2. The van der Waals surface area contributed by atoms with E-state index in [1.807, 2.05) is 20.8 Å². The molecule has 0 aliphatic heterocycles. The quantitative estimate of drug-likeness (QED) is 0.603. The third-order valence-electron chi connectivity index (χ3n) is 1.74. The lowest BCUT2D eigenvalue weighted by Crippen LogP contribution is -2.25. The van der Waals surface area contributed by atoms with Gasteiger partial charge in [0.05, 0.1) is 5.69 Å². The Morgan fingerprint density at radius 3 is 2.59 bits per heavy atom. The number of nitrogens with zero attached hydrogens (tertiary/aromatic N) is 1. The van der Waals surface area contributed by atoms with Crippen molar-refractivity contribution in [3.63, 3.8) is 0 Å². The van der Waals surface area contributed by atoms with Crippen LogP contribution in [0.2, 0.25) is 0 Å². The highest BCUT2D eigenvalue weighted by Crippen LogP contribution is 2.12. The first-order valence-corrected chi connectivity index (χ1v) is 5.24. The highest BCUT2D eigenvalue weighted by molar-refractivity contribution is 5.89. The summed E-state index contributed by atoms with van der Waals surface area (Å²) in [5.74, 6) is -0.484. The summed E-state index contributed by atoms with van der Waals surface area (Å²) in [6.45, 7) is 5.85. The average Bonchev–Trinajstić information content (AvgIpc) is 2.19. The third-order valence-corrected chi connectivity index (χ3v) is 1.74. The van der Waals surface area contributed by atoms with Crippen LogP contribution in [0.1, 0.15) is 20.8 Å². The molecule has 2 N–H and O–H groups in total. The van der Waals surface area contributed by atoms with Crippen LogP contribution in [0.25, 0.3) is 0 Å². The van der Waals surface area contributed by atoms with Crippen molar-refractivity contribution >= 4 is 17.9 Å². The molecule has 0 saturated carbocycles. The number of halogens is 1. The normalized spacial score (nSPS) is 11.5. The predicted molar refractivity (Wildman–Crippen MR) is 66.5 cm³/mol. The van der Waals surface area contributed by atoms with Gasteiger partial charge in [0.1, 0.15) is 5.82 Å². The Kier molecular flexibility index (Phi) is 4.20. The number of benzene rings is 1. The van der Waals surface area contributed by atoms with E-state index in [1.165, 1.54) is 12.1 Å². The number of amides is 2. The van der Waals surface area contributed by atoms with Crippen molar-refractivity contribution in [1.82, 2.24) is 5.43 Å². The van der Waals surface area contributed by atoms with E-state index in [4.69, 9.17) is 0 Å². The number of para-hydroxylation sites is 1. The first kappa shape index (κ1) is 13.2. The molecule has 1 rings (SSSR count). The second-order valence-electron chi connectivity index (χ2n) is 4.67.